The number of carbonyl (C=O) groups excluding carboxylic acids is 1. The van der Waals surface area contributed by atoms with Crippen molar-refractivity contribution in [3.8, 4) is 0 Å². The van der Waals surface area contributed by atoms with E-state index in [1.54, 1.807) is 6.92 Å². The number of nitrogens with zero attached hydrogens (tertiary/aromatic N) is 1. The van der Waals surface area contributed by atoms with E-state index in [1.807, 2.05) is 0 Å². The van der Waals surface area contributed by atoms with Crippen molar-refractivity contribution in [2.24, 2.45) is 0 Å². The van der Waals surface area contributed by atoms with Crippen LogP contribution in [0, 0.1) is 17.5 Å². The first-order valence-corrected chi connectivity index (χ1v) is 6.92. The summed E-state index contributed by atoms with van der Waals surface area (Å²) in [5.74, 6) is -4.94. The molecule has 0 unspecified atom stereocenters. The lowest BCUT2D eigenvalue weighted by Crippen LogP contribution is -2.33. The van der Waals surface area contributed by atoms with Gasteiger partial charge in [-0.05, 0) is 6.92 Å². The summed E-state index contributed by atoms with van der Waals surface area (Å²) in [5.41, 5.74) is -1.99. The Balaban J connectivity index is 2.39. The highest BCUT2D eigenvalue weighted by atomic mass is 19.2. The molecule has 0 N–H and O–H groups in total. The third-order valence-corrected chi connectivity index (χ3v) is 3.65. The standard InChI is InChI=1S/C15H12F3NO4/c1-2-23-15(21)8-4-19(7-5-22-6-7)13-11(14(8)20)9(16)3-10(17)12(13)18/h3-4,7H,2,5-6H2,1H3. The molecule has 0 bridgehead atoms. The molecule has 0 amide bonds. The molecule has 2 heterocycles. The lowest BCUT2D eigenvalue weighted by atomic mass is 10.1. The molecular formula is C15H12F3NO4. The van der Waals surface area contributed by atoms with Crippen molar-refractivity contribution in [2.45, 2.75) is 13.0 Å². The highest BCUT2D eigenvalue weighted by Crippen LogP contribution is 2.27. The summed E-state index contributed by atoms with van der Waals surface area (Å²) in [6.45, 7) is 1.92. The van der Waals surface area contributed by atoms with Crippen molar-refractivity contribution in [1.82, 2.24) is 4.57 Å². The topological polar surface area (TPSA) is 57.5 Å². The van der Waals surface area contributed by atoms with Gasteiger partial charge in [-0.25, -0.2) is 18.0 Å². The van der Waals surface area contributed by atoms with Gasteiger partial charge in [0.2, 0.25) is 5.43 Å². The number of fused-ring (bicyclic) bond motifs is 1. The molecule has 1 saturated heterocycles. The van der Waals surface area contributed by atoms with Crippen LogP contribution in [0.3, 0.4) is 0 Å². The van der Waals surface area contributed by atoms with E-state index in [9.17, 15) is 22.8 Å². The molecule has 1 aromatic carbocycles. The second-order valence-corrected chi connectivity index (χ2v) is 5.07. The monoisotopic (exact) mass is 327 g/mol. The van der Waals surface area contributed by atoms with Gasteiger partial charge in [0, 0.05) is 12.3 Å². The Morgan fingerprint density at radius 1 is 1.35 bits per heavy atom. The van der Waals surface area contributed by atoms with Crippen molar-refractivity contribution in [2.75, 3.05) is 19.8 Å². The van der Waals surface area contributed by atoms with Gasteiger partial charge in [0.1, 0.15) is 11.4 Å². The molecule has 1 aliphatic rings. The number of halogens is 3. The highest BCUT2D eigenvalue weighted by molar-refractivity contribution is 5.94. The van der Waals surface area contributed by atoms with E-state index in [2.05, 4.69) is 0 Å². The summed E-state index contributed by atoms with van der Waals surface area (Å²) in [6, 6.07) is -0.141. The SMILES string of the molecule is CCOC(=O)c1cn(C2COC2)c2c(F)c(F)cc(F)c2c1=O. The lowest BCUT2D eigenvalue weighted by molar-refractivity contribution is -0.0219. The Morgan fingerprint density at radius 3 is 2.61 bits per heavy atom. The van der Waals surface area contributed by atoms with Crippen LogP contribution in [0.2, 0.25) is 0 Å². The van der Waals surface area contributed by atoms with Crippen LogP contribution < -0.4 is 5.43 Å². The minimum absolute atomic E-state index is 0.0170. The van der Waals surface area contributed by atoms with E-state index in [1.165, 1.54) is 0 Å². The highest BCUT2D eigenvalue weighted by Gasteiger charge is 2.29. The smallest absolute Gasteiger partial charge is 0.343 e. The molecule has 0 saturated carbocycles. The van der Waals surface area contributed by atoms with Gasteiger partial charge in [-0.15, -0.1) is 0 Å². The summed E-state index contributed by atoms with van der Waals surface area (Å²) >= 11 is 0. The maximum absolute atomic E-state index is 14.2. The lowest BCUT2D eigenvalue weighted by Gasteiger charge is -2.30. The van der Waals surface area contributed by atoms with Crippen LogP contribution in [0.4, 0.5) is 13.2 Å². The molecule has 122 valence electrons. The number of aromatic nitrogens is 1. The normalized spacial score (nSPS) is 14.8. The summed E-state index contributed by atoms with van der Waals surface area (Å²) in [6.07, 6.45) is 1.07. The first-order valence-electron chi connectivity index (χ1n) is 6.92. The van der Waals surface area contributed by atoms with E-state index in [0.29, 0.717) is 0 Å². The van der Waals surface area contributed by atoms with E-state index in [4.69, 9.17) is 9.47 Å². The summed E-state index contributed by atoms with van der Waals surface area (Å²) in [4.78, 5) is 24.2. The molecular weight excluding hydrogens is 315 g/mol. The van der Waals surface area contributed by atoms with Gasteiger partial charge < -0.3 is 14.0 Å². The number of benzene rings is 1. The molecule has 2 aromatic rings. The number of esters is 1. The quantitative estimate of drug-likeness (QED) is 0.640. The molecule has 1 fully saturated rings. The third kappa shape index (κ3) is 2.39. The average molecular weight is 327 g/mol. The average Bonchev–Trinajstić information content (AvgIpc) is 2.44. The molecule has 0 spiro atoms. The second kappa shape index (κ2) is 5.69. The largest absolute Gasteiger partial charge is 0.462 e. The van der Waals surface area contributed by atoms with Crippen molar-refractivity contribution in [1.29, 1.82) is 0 Å². The number of hydrogen-bond donors (Lipinski definition) is 0. The number of rotatable bonds is 3. The van der Waals surface area contributed by atoms with E-state index in [-0.39, 0.29) is 25.9 Å². The van der Waals surface area contributed by atoms with Gasteiger partial charge >= 0.3 is 5.97 Å². The molecule has 1 aliphatic heterocycles. The second-order valence-electron chi connectivity index (χ2n) is 5.07. The van der Waals surface area contributed by atoms with Gasteiger partial charge in [0.25, 0.3) is 0 Å². The van der Waals surface area contributed by atoms with Gasteiger partial charge in [0.15, 0.2) is 11.6 Å². The minimum atomic E-state index is -1.41. The van der Waals surface area contributed by atoms with Crippen molar-refractivity contribution in [3.05, 3.63) is 45.5 Å². The fraction of sp³-hybridized carbons (Fsp3) is 0.333. The Hall–Kier alpha value is -2.35. The molecule has 23 heavy (non-hydrogen) atoms. The van der Waals surface area contributed by atoms with Crippen LogP contribution in [-0.2, 0) is 9.47 Å². The molecule has 0 atom stereocenters. The van der Waals surface area contributed by atoms with Crippen LogP contribution in [0.25, 0.3) is 10.9 Å². The number of pyridine rings is 1. The number of ether oxygens (including phenoxy) is 2. The third-order valence-electron chi connectivity index (χ3n) is 3.65. The zero-order chi connectivity index (χ0) is 16.7. The zero-order valence-corrected chi connectivity index (χ0v) is 12.1. The van der Waals surface area contributed by atoms with Crippen LogP contribution in [-0.4, -0.2) is 30.4 Å². The number of carbonyl (C=O) groups is 1. The predicted octanol–water partition coefficient (Wildman–Crippen LogP) is 2.17. The Morgan fingerprint density at radius 2 is 2.04 bits per heavy atom. The van der Waals surface area contributed by atoms with Crippen LogP contribution in [0.5, 0.6) is 0 Å². The maximum Gasteiger partial charge on any atom is 0.343 e. The zero-order valence-electron chi connectivity index (χ0n) is 12.1. The predicted molar refractivity (Wildman–Crippen MR) is 73.9 cm³/mol. The molecule has 0 aliphatic carbocycles. The van der Waals surface area contributed by atoms with Crippen LogP contribution in [0.1, 0.15) is 23.3 Å². The van der Waals surface area contributed by atoms with Gasteiger partial charge in [-0.1, -0.05) is 0 Å². The summed E-state index contributed by atoms with van der Waals surface area (Å²) in [5, 5.41) is -0.679. The minimum Gasteiger partial charge on any atom is -0.462 e. The summed E-state index contributed by atoms with van der Waals surface area (Å²) < 4.78 is 52.7. The Kier molecular flexibility index (Phi) is 3.85. The van der Waals surface area contributed by atoms with E-state index < -0.39 is 51.4 Å². The van der Waals surface area contributed by atoms with Gasteiger partial charge in [-0.2, -0.15) is 0 Å². The Labute approximate surface area is 128 Å². The molecule has 8 heteroatoms. The van der Waals surface area contributed by atoms with Crippen molar-refractivity contribution >= 4 is 16.9 Å². The molecule has 5 nitrogen and oxygen atoms in total. The van der Waals surface area contributed by atoms with Gasteiger partial charge in [-0.3, -0.25) is 4.79 Å². The van der Waals surface area contributed by atoms with E-state index >= 15 is 0 Å². The van der Waals surface area contributed by atoms with Crippen LogP contribution >= 0.6 is 0 Å². The first-order chi connectivity index (χ1) is 11.0. The molecule has 3 rings (SSSR count). The van der Waals surface area contributed by atoms with Gasteiger partial charge in [0.05, 0.1) is 36.8 Å². The van der Waals surface area contributed by atoms with Crippen LogP contribution in [0.15, 0.2) is 17.1 Å². The van der Waals surface area contributed by atoms with Crippen molar-refractivity contribution in [3.63, 3.8) is 0 Å². The van der Waals surface area contributed by atoms with Crippen molar-refractivity contribution < 1.29 is 27.4 Å². The first kappa shape index (κ1) is 15.5. The fourth-order valence-electron chi connectivity index (χ4n) is 2.46. The Bertz CT molecular complexity index is 858. The maximum atomic E-state index is 14.2. The molecule has 1 aromatic heterocycles. The van der Waals surface area contributed by atoms with E-state index in [0.717, 1.165) is 10.8 Å². The molecule has 0 radical (unpaired) electrons. The summed E-state index contributed by atoms with van der Waals surface area (Å²) in [7, 11) is 0. The fourth-order valence-corrected chi connectivity index (χ4v) is 2.46. The number of hydrogen-bond acceptors (Lipinski definition) is 4.